The van der Waals surface area contributed by atoms with E-state index >= 15 is 0 Å². The molecular formula is C22H19FN4O2. The first-order valence-corrected chi connectivity index (χ1v) is 9.29. The van der Waals surface area contributed by atoms with Crippen molar-refractivity contribution in [2.75, 3.05) is 11.9 Å². The molecule has 1 N–H and O–H groups in total. The third kappa shape index (κ3) is 4.24. The van der Waals surface area contributed by atoms with Crippen molar-refractivity contribution in [2.24, 2.45) is 0 Å². The summed E-state index contributed by atoms with van der Waals surface area (Å²) in [6.45, 7) is 2.63. The molecule has 0 saturated carbocycles. The second kappa shape index (κ2) is 8.10. The van der Waals surface area contributed by atoms with Crippen LogP contribution in [0.15, 0.2) is 66.7 Å². The zero-order chi connectivity index (χ0) is 20.2. The lowest BCUT2D eigenvalue weighted by Crippen LogP contribution is -2.12. The topological polar surface area (TPSA) is 69.0 Å². The molecule has 0 saturated heterocycles. The van der Waals surface area contributed by atoms with Crippen LogP contribution >= 0.6 is 0 Å². The van der Waals surface area contributed by atoms with E-state index in [1.54, 1.807) is 48.5 Å². The number of carbonyl (C=O) groups excluding carboxylic acids is 1. The smallest absolute Gasteiger partial charge is 0.255 e. The summed E-state index contributed by atoms with van der Waals surface area (Å²) in [7, 11) is 0. The molecule has 0 spiro atoms. The number of ether oxygens (including phenoxy) is 1. The van der Waals surface area contributed by atoms with Gasteiger partial charge in [-0.15, -0.1) is 10.2 Å². The summed E-state index contributed by atoms with van der Waals surface area (Å²) in [4.78, 5) is 14.0. The Morgan fingerprint density at radius 2 is 1.83 bits per heavy atom. The Morgan fingerprint density at radius 3 is 2.62 bits per heavy atom. The summed E-state index contributed by atoms with van der Waals surface area (Å²) in [5.41, 5.74) is 3.05. The summed E-state index contributed by atoms with van der Waals surface area (Å²) in [5.74, 6) is 0.106. The van der Waals surface area contributed by atoms with Crippen LogP contribution < -0.4 is 10.1 Å². The Bertz CT molecular complexity index is 1160. The van der Waals surface area contributed by atoms with E-state index in [0.29, 0.717) is 40.3 Å². The third-order valence-corrected chi connectivity index (χ3v) is 4.26. The predicted molar refractivity (Wildman–Crippen MR) is 109 cm³/mol. The average molecular weight is 390 g/mol. The van der Waals surface area contributed by atoms with Crippen LogP contribution in [0.25, 0.3) is 16.7 Å². The molecule has 1 amide bonds. The lowest BCUT2D eigenvalue weighted by molar-refractivity contribution is 0.102. The minimum absolute atomic E-state index is 0.239. The molecule has 146 valence electrons. The van der Waals surface area contributed by atoms with Gasteiger partial charge in [-0.25, -0.2) is 4.39 Å². The van der Waals surface area contributed by atoms with Gasteiger partial charge in [-0.1, -0.05) is 13.0 Å². The van der Waals surface area contributed by atoms with Gasteiger partial charge in [0.2, 0.25) is 0 Å². The van der Waals surface area contributed by atoms with Gasteiger partial charge in [-0.2, -0.15) is 4.80 Å². The molecule has 4 aromatic rings. The second-order valence-corrected chi connectivity index (χ2v) is 6.50. The Hall–Kier alpha value is -3.74. The van der Waals surface area contributed by atoms with Crippen molar-refractivity contribution in [1.29, 1.82) is 0 Å². The van der Waals surface area contributed by atoms with Gasteiger partial charge in [-0.3, -0.25) is 4.79 Å². The molecule has 0 atom stereocenters. The zero-order valence-corrected chi connectivity index (χ0v) is 15.8. The van der Waals surface area contributed by atoms with Crippen molar-refractivity contribution in [2.45, 2.75) is 13.3 Å². The number of halogens is 1. The van der Waals surface area contributed by atoms with E-state index in [1.165, 1.54) is 16.9 Å². The Balaban J connectivity index is 1.54. The largest absolute Gasteiger partial charge is 0.494 e. The van der Waals surface area contributed by atoms with Crippen LogP contribution in [0.5, 0.6) is 5.75 Å². The van der Waals surface area contributed by atoms with Crippen molar-refractivity contribution < 1.29 is 13.9 Å². The van der Waals surface area contributed by atoms with Crippen molar-refractivity contribution >= 4 is 22.6 Å². The van der Waals surface area contributed by atoms with Gasteiger partial charge in [0.1, 0.15) is 22.6 Å². The van der Waals surface area contributed by atoms with Gasteiger partial charge >= 0.3 is 0 Å². The highest BCUT2D eigenvalue weighted by Crippen LogP contribution is 2.20. The second-order valence-electron chi connectivity index (χ2n) is 6.50. The van der Waals surface area contributed by atoms with Crippen molar-refractivity contribution in [1.82, 2.24) is 15.0 Å². The van der Waals surface area contributed by atoms with Crippen LogP contribution in [0.4, 0.5) is 10.1 Å². The number of amides is 1. The molecule has 3 aromatic carbocycles. The number of hydrogen-bond donors (Lipinski definition) is 1. The Kier molecular flexibility index (Phi) is 5.20. The molecule has 0 aliphatic heterocycles. The average Bonchev–Trinajstić information content (AvgIpc) is 3.16. The molecule has 0 bridgehead atoms. The van der Waals surface area contributed by atoms with E-state index < -0.39 is 0 Å². The summed E-state index contributed by atoms with van der Waals surface area (Å²) < 4.78 is 18.7. The van der Waals surface area contributed by atoms with Crippen LogP contribution in [-0.4, -0.2) is 27.5 Å². The predicted octanol–water partition coefficient (Wildman–Crippen LogP) is 4.60. The van der Waals surface area contributed by atoms with E-state index in [0.717, 1.165) is 6.42 Å². The Labute approximate surface area is 166 Å². The fraction of sp³-hybridized carbons (Fsp3) is 0.136. The van der Waals surface area contributed by atoms with Gasteiger partial charge < -0.3 is 10.1 Å². The fourth-order valence-corrected chi connectivity index (χ4v) is 2.83. The molecule has 1 heterocycles. The lowest BCUT2D eigenvalue weighted by Gasteiger charge is -2.08. The number of nitrogens with one attached hydrogen (secondary N) is 1. The van der Waals surface area contributed by atoms with E-state index in [-0.39, 0.29) is 11.7 Å². The maximum Gasteiger partial charge on any atom is 0.255 e. The quantitative estimate of drug-likeness (QED) is 0.522. The first-order valence-electron chi connectivity index (χ1n) is 9.29. The van der Waals surface area contributed by atoms with Crippen molar-refractivity contribution in [3.8, 4) is 11.4 Å². The summed E-state index contributed by atoms with van der Waals surface area (Å²) in [6, 6.07) is 18.3. The molecule has 0 fully saturated rings. The van der Waals surface area contributed by atoms with Crippen LogP contribution in [0.2, 0.25) is 0 Å². The number of carbonyl (C=O) groups is 1. The lowest BCUT2D eigenvalue weighted by atomic mass is 10.2. The van der Waals surface area contributed by atoms with Gasteiger partial charge in [0, 0.05) is 11.3 Å². The number of benzene rings is 3. The van der Waals surface area contributed by atoms with Crippen molar-refractivity contribution in [3.63, 3.8) is 0 Å². The molecule has 0 radical (unpaired) electrons. The van der Waals surface area contributed by atoms with Gasteiger partial charge in [-0.05, 0) is 67.1 Å². The zero-order valence-electron chi connectivity index (χ0n) is 15.8. The van der Waals surface area contributed by atoms with Gasteiger partial charge in [0.15, 0.2) is 0 Å². The molecule has 0 aliphatic carbocycles. The molecule has 4 rings (SSSR count). The SMILES string of the molecule is CCCOc1cccc(C(=O)Nc2ccc3nn(-c4ccc(F)cc4)nc3c2)c1. The third-order valence-electron chi connectivity index (χ3n) is 4.26. The standard InChI is InChI=1S/C22H19FN4O2/c1-2-12-29-19-5-3-4-15(13-19)22(28)24-17-8-11-20-21(14-17)26-27(25-20)18-9-6-16(23)7-10-18/h3-11,13-14H,2,12H2,1H3,(H,24,28). The first kappa shape index (κ1) is 18.6. The van der Waals surface area contributed by atoms with E-state index in [1.807, 2.05) is 13.0 Å². The van der Waals surface area contributed by atoms with E-state index in [9.17, 15) is 9.18 Å². The normalized spacial score (nSPS) is 10.8. The molecule has 7 heteroatoms. The molecular weight excluding hydrogens is 371 g/mol. The van der Waals surface area contributed by atoms with Crippen LogP contribution in [-0.2, 0) is 0 Å². The first-order chi connectivity index (χ1) is 14.1. The molecule has 0 unspecified atom stereocenters. The maximum absolute atomic E-state index is 13.1. The fourth-order valence-electron chi connectivity index (χ4n) is 2.83. The Morgan fingerprint density at radius 1 is 1.03 bits per heavy atom. The monoisotopic (exact) mass is 390 g/mol. The molecule has 1 aromatic heterocycles. The highest BCUT2D eigenvalue weighted by molar-refractivity contribution is 6.05. The summed E-state index contributed by atoms with van der Waals surface area (Å²) in [6.07, 6.45) is 0.898. The molecule has 6 nitrogen and oxygen atoms in total. The van der Waals surface area contributed by atoms with Gasteiger partial charge in [0.25, 0.3) is 5.91 Å². The number of nitrogens with zero attached hydrogens (tertiary/aromatic N) is 3. The summed E-state index contributed by atoms with van der Waals surface area (Å²) in [5, 5.41) is 11.7. The van der Waals surface area contributed by atoms with Crippen LogP contribution in [0.1, 0.15) is 23.7 Å². The minimum atomic E-state index is -0.320. The number of aromatic nitrogens is 3. The number of anilines is 1. The van der Waals surface area contributed by atoms with Crippen LogP contribution in [0, 0.1) is 5.82 Å². The van der Waals surface area contributed by atoms with Crippen molar-refractivity contribution in [3.05, 3.63) is 78.1 Å². The maximum atomic E-state index is 13.1. The number of hydrogen-bond acceptors (Lipinski definition) is 4. The van der Waals surface area contributed by atoms with E-state index in [2.05, 4.69) is 15.5 Å². The molecule has 29 heavy (non-hydrogen) atoms. The highest BCUT2D eigenvalue weighted by atomic mass is 19.1. The number of fused-ring (bicyclic) bond motifs is 1. The van der Waals surface area contributed by atoms with E-state index in [4.69, 9.17) is 4.74 Å². The minimum Gasteiger partial charge on any atom is -0.494 e. The van der Waals surface area contributed by atoms with Gasteiger partial charge in [0.05, 0.1) is 12.3 Å². The highest BCUT2D eigenvalue weighted by Gasteiger charge is 2.10. The number of rotatable bonds is 6. The molecule has 0 aliphatic rings. The summed E-state index contributed by atoms with van der Waals surface area (Å²) >= 11 is 0. The van der Waals surface area contributed by atoms with Crippen LogP contribution in [0.3, 0.4) is 0 Å².